The number of rotatable bonds is 5. The molecule has 2 heteroatoms. The van der Waals surface area contributed by atoms with E-state index in [1.807, 2.05) is 0 Å². The van der Waals surface area contributed by atoms with E-state index in [0.717, 1.165) is 5.25 Å². The molecule has 88 valence electrons. The third-order valence-corrected chi connectivity index (χ3v) is 4.46. The van der Waals surface area contributed by atoms with Crippen molar-refractivity contribution in [3.63, 3.8) is 0 Å². The molecule has 1 atom stereocenters. The van der Waals surface area contributed by atoms with Gasteiger partial charge in [0.05, 0.1) is 0 Å². The molecule has 0 heterocycles. The summed E-state index contributed by atoms with van der Waals surface area (Å²) in [5.74, 6) is 1.23. The van der Waals surface area contributed by atoms with Crippen LogP contribution in [-0.4, -0.2) is 24.1 Å². The quantitative estimate of drug-likeness (QED) is 0.720. The van der Waals surface area contributed by atoms with Crippen LogP contribution in [0.5, 0.6) is 0 Å². The summed E-state index contributed by atoms with van der Waals surface area (Å²) in [6.45, 7) is 4.35. The van der Waals surface area contributed by atoms with Gasteiger partial charge in [-0.25, -0.2) is 0 Å². The summed E-state index contributed by atoms with van der Waals surface area (Å²) in [4.78, 5) is 0. The van der Waals surface area contributed by atoms with Crippen LogP contribution in [0, 0.1) is 0 Å². The molecule has 0 spiro atoms. The van der Waals surface area contributed by atoms with Gasteiger partial charge in [-0.2, -0.15) is 11.8 Å². The Morgan fingerprint density at radius 1 is 1.33 bits per heavy atom. The lowest BCUT2D eigenvalue weighted by Crippen LogP contribution is -2.27. The van der Waals surface area contributed by atoms with Crippen LogP contribution in [0.4, 0.5) is 0 Å². The van der Waals surface area contributed by atoms with Crippen molar-refractivity contribution in [3.05, 3.63) is 11.6 Å². The zero-order valence-corrected chi connectivity index (χ0v) is 11.2. The first-order valence-corrected chi connectivity index (χ1v) is 7.21. The number of likely N-dealkylation sites (N-methyl/N-ethyl adjacent to an activating group) is 1. The van der Waals surface area contributed by atoms with Crippen molar-refractivity contribution in [1.29, 1.82) is 0 Å². The normalized spacial score (nSPS) is 19.9. The van der Waals surface area contributed by atoms with E-state index >= 15 is 0 Å². The van der Waals surface area contributed by atoms with E-state index in [9.17, 15) is 0 Å². The molecule has 1 nitrogen and oxygen atoms in total. The molecule has 0 amide bonds. The Morgan fingerprint density at radius 2 is 2.00 bits per heavy atom. The van der Waals surface area contributed by atoms with Gasteiger partial charge in [0.1, 0.15) is 0 Å². The van der Waals surface area contributed by atoms with Gasteiger partial charge >= 0.3 is 0 Å². The Bertz CT molecular complexity index is 191. The largest absolute Gasteiger partial charge is 0.313 e. The van der Waals surface area contributed by atoms with Crippen LogP contribution in [0.1, 0.15) is 46.0 Å². The highest BCUT2D eigenvalue weighted by molar-refractivity contribution is 7.99. The molecule has 15 heavy (non-hydrogen) atoms. The van der Waals surface area contributed by atoms with Crippen molar-refractivity contribution in [3.8, 4) is 0 Å². The van der Waals surface area contributed by atoms with E-state index < -0.39 is 0 Å². The van der Waals surface area contributed by atoms with Gasteiger partial charge in [0.15, 0.2) is 0 Å². The van der Waals surface area contributed by atoms with Gasteiger partial charge in [-0.15, -0.1) is 0 Å². The zero-order chi connectivity index (χ0) is 11.1. The van der Waals surface area contributed by atoms with Gasteiger partial charge in [-0.1, -0.05) is 30.9 Å². The van der Waals surface area contributed by atoms with Crippen LogP contribution in [0.3, 0.4) is 0 Å². The summed E-state index contributed by atoms with van der Waals surface area (Å²) in [7, 11) is 2.06. The molecule has 0 aliphatic heterocycles. The molecule has 1 saturated carbocycles. The smallest absolute Gasteiger partial charge is 0.0341 e. The van der Waals surface area contributed by atoms with Crippen molar-refractivity contribution in [2.45, 2.75) is 57.2 Å². The predicted octanol–water partition coefficient (Wildman–Crippen LogP) is 3.61. The van der Waals surface area contributed by atoms with Crippen LogP contribution in [0.15, 0.2) is 11.6 Å². The first-order chi connectivity index (χ1) is 7.22. The molecule has 1 aliphatic rings. The highest BCUT2D eigenvalue weighted by Crippen LogP contribution is 2.28. The summed E-state index contributed by atoms with van der Waals surface area (Å²) in [6, 6.07) is 0.557. The van der Waals surface area contributed by atoms with Crippen molar-refractivity contribution in [2.75, 3.05) is 12.8 Å². The summed E-state index contributed by atoms with van der Waals surface area (Å²) < 4.78 is 0. The fourth-order valence-corrected chi connectivity index (χ4v) is 3.50. The number of nitrogens with one attached hydrogen (secondary N) is 1. The lowest BCUT2D eigenvalue weighted by atomic mass is 10.0. The van der Waals surface area contributed by atoms with E-state index in [1.165, 1.54) is 43.4 Å². The highest BCUT2D eigenvalue weighted by atomic mass is 32.2. The van der Waals surface area contributed by atoms with Crippen LogP contribution >= 0.6 is 11.8 Å². The monoisotopic (exact) mass is 227 g/mol. The maximum absolute atomic E-state index is 3.38. The lowest BCUT2D eigenvalue weighted by Gasteiger charge is -2.23. The van der Waals surface area contributed by atoms with Gasteiger partial charge in [-0.05, 0) is 33.7 Å². The lowest BCUT2D eigenvalue weighted by molar-refractivity contribution is 0.515. The number of thioether (sulfide) groups is 1. The zero-order valence-electron chi connectivity index (χ0n) is 10.4. The fourth-order valence-electron chi connectivity index (χ4n) is 2.09. The van der Waals surface area contributed by atoms with Crippen LogP contribution in [0.2, 0.25) is 0 Å². The second-order valence-electron chi connectivity index (χ2n) is 4.73. The fraction of sp³-hybridized carbons (Fsp3) is 0.846. The van der Waals surface area contributed by atoms with Crippen LogP contribution < -0.4 is 5.32 Å². The van der Waals surface area contributed by atoms with Gasteiger partial charge in [0.25, 0.3) is 0 Å². The standard InChI is InChI=1S/C13H25NS/c1-11(2)9-12(14-3)10-15-13-7-5-4-6-8-13/h9,12-14H,4-8,10H2,1-3H3. The molecular formula is C13H25NS. The van der Waals surface area contributed by atoms with Gasteiger partial charge in [0.2, 0.25) is 0 Å². The second-order valence-corrected chi connectivity index (χ2v) is 6.07. The molecule has 0 aromatic rings. The molecule has 0 aromatic heterocycles. The molecule has 1 unspecified atom stereocenters. The number of hydrogen-bond acceptors (Lipinski definition) is 2. The van der Waals surface area contributed by atoms with Gasteiger partial charge in [0, 0.05) is 17.0 Å². The Kier molecular flexibility index (Phi) is 6.42. The molecule has 1 rings (SSSR count). The van der Waals surface area contributed by atoms with E-state index in [4.69, 9.17) is 0 Å². The minimum Gasteiger partial charge on any atom is -0.313 e. The minimum atomic E-state index is 0.557. The van der Waals surface area contributed by atoms with Crippen molar-refractivity contribution in [2.24, 2.45) is 0 Å². The molecular weight excluding hydrogens is 202 g/mol. The number of allylic oxidation sites excluding steroid dienone is 1. The molecule has 0 saturated heterocycles. The van der Waals surface area contributed by atoms with Crippen LogP contribution in [0.25, 0.3) is 0 Å². The first kappa shape index (κ1) is 13.1. The Balaban J connectivity index is 2.23. The number of hydrogen-bond donors (Lipinski definition) is 1. The second kappa shape index (κ2) is 7.34. The summed E-state index contributed by atoms with van der Waals surface area (Å²) in [5.41, 5.74) is 1.42. The van der Waals surface area contributed by atoms with Gasteiger partial charge in [-0.3, -0.25) is 0 Å². The Hall–Kier alpha value is 0.0500. The molecule has 1 N–H and O–H groups in total. The molecule has 1 fully saturated rings. The third kappa shape index (κ3) is 5.62. The van der Waals surface area contributed by atoms with Crippen molar-refractivity contribution >= 4 is 11.8 Å². The third-order valence-electron chi connectivity index (χ3n) is 2.97. The SMILES string of the molecule is CNC(C=C(C)C)CSC1CCCCC1. The molecule has 0 radical (unpaired) electrons. The highest BCUT2D eigenvalue weighted by Gasteiger charge is 2.14. The van der Waals surface area contributed by atoms with E-state index in [0.29, 0.717) is 6.04 Å². The summed E-state index contributed by atoms with van der Waals surface area (Å²) in [5, 5.41) is 4.31. The predicted molar refractivity (Wildman–Crippen MR) is 71.6 cm³/mol. The van der Waals surface area contributed by atoms with E-state index in [1.54, 1.807) is 0 Å². The van der Waals surface area contributed by atoms with E-state index in [2.05, 4.69) is 44.0 Å². The maximum atomic E-state index is 3.38. The average molecular weight is 227 g/mol. The molecule has 0 aromatic carbocycles. The minimum absolute atomic E-state index is 0.557. The topological polar surface area (TPSA) is 12.0 Å². The van der Waals surface area contributed by atoms with Crippen molar-refractivity contribution < 1.29 is 0 Å². The summed E-state index contributed by atoms with van der Waals surface area (Å²) in [6.07, 6.45) is 9.58. The van der Waals surface area contributed by atoms with Crippen LogP contribution in [-0.2, 0) is 0 Å². The molecule has 1 aliphatic carbocycles. The van der Waals surface area contributed by atoms with Crippen molar-refractivity contribution in [1.82, 2.24) is 5.32 Å². The van der Waals surface area contributed by atoms with Gasteiger partial charge < -0.3 is 5.32 Å². The maximum Gasteiger partial charge on any atom is 0.0341 e. The van der Waals surface area contributed by atoms with E-state index in [-0.39, 0.29) is 0 Å². The Morgan fingerprint density at radius 3 is 2.53 bits per heavy atom. The Labute approximate surface area is 99.1 Å². The first-order valence-electron chi connectivity index (χ1n) is 6.16. The molecule has 0 bridgehead atoms. The average Bonchev–Trinajstić information content (AvgIpc) is 2.25. The summed E-state index contributed by atoms with van der Waals surface area (Å²) >= 11 is 2.16.